The van der Waals surface area contributed by atoms with Gasteiger partial charge in [-0.15, -0.1) is 0 Å². The summed E-state index contributed by atoms with van der Waals surface area (Å²) in [5.74, 6) is 0.0949. The Hall–Kier alpha value is -6.28. The molecule has 3 aromatic heterocycles. The summed E-state index contributed by atoms with van der Waals surface area (Å²) in [6.07, 6.45) is 7.73. The minimum Gasteiger partial charge on any atom is -0.475 e. The number of nitrogens with zero attached hydrogens (tertiary/aromatic N) is 6. The molecule has 6 aromatic rings. The second kappa shape index (κ2) is 19.9. The van der Waals surface area contributed by atoms with E-state index in [0.717, 1.165) is 93.0 Å². The van der Waals surface area contributed by atoms with Crippen molar-refractivity contribution in [3.8, 4) is 34.6 Å². The first-order valence-electron chi connectivity index (χ1n) is 22.6. The van der Waals surface area contributed by atoms with Crippen molar-refractivity contribution in [2.45, 2.75) is 38.0 Å². The minimum absolute atomic E-state index is 0.0139. The number of fused-ring (bicyclic) bond motifs is 1. The number of morpholine rings is 1. The van der Waals surface area contributed by atoms with Gasteiger partial charge in [-0.25, -0.2) is 23.1 Å². The molecule has 2 N–H and O–H groups in total. The molecule has 2 aliphatic heterocycles. The van der Waals surface area contributed by atoms with Crippen LogP contribution in [0.1, 0.15) is 54.6 Å². The molecule has 5 heterocycles. The van der Waals surface area contributed by atoms with Gasteiger partial charge in [0.25, 0.3) is 15.9 Å². The van der Waals surface area contributed by atoms with Gasteiger partial charge in [0.2, 0.25) is 5.88 Å². The molecular weight excluding hydrogens is 888 g/mol. The largest absolute Gasteiger partial charge is 0.475 e. The highest BCUT2D eigenvalue weighted by Crippen LogP contribution is 2.44. The first-order valence-corrected chi connectivity index (χ1v) is 24.5. The van der Waals surface area contributed by atoms with Gasteiger partial charge in [-0.1, -0.05) is 61.4 Å². The number of para-hydroxylation sites is 1. The van der Waals surface area contributed by atoms with Crippen LogP contribution in [0.3, 0.4) is 0 Å². The maximum Gasteiger partial charge on any atom is 0.265 e. The van der Waals surface area contributed by atoms with Crippen molar-refractivity contribution < 1.29 is 27.4 Å². The van der Waals surface area contributed by atoms with Crippen molar-refractivity contribution in [2.75, 3.05) is 77.1 Å². The molecule has 3 aliphatic rings. The molecule has 9 rings (SSSR count). The maximum atomic E-state index is 14.3. The number of sulfonamides is 1. The van der Waals surface area contributed by atoms with Gasteiger partial charge < -0.3 is 24.1 Å². The number of carbonyl (C=O) groups excluding carboxylic acids is 1. The van der Waals surface area contributed by atoms with E-state index >= 15 is 0 Å². The summed E-state index contributed by atoms with van der Waals surface area (Å²) in [5.41, 5.74) is 7.06. The molecule has 0 atom stereocenters. The van der Waals surface area contributed by atoms with E-state index in [1.54, 1.807) is 24.5 Å². The lowest BCUT2D eigenvalue weighted by Crippen LogP contribution is -2.47. The van der Waals surface area contributed by atoms with Gasteiger partial charge in [0.05, 0.1) is 25.6 Å². The number of hydrogen-bond acceptors (Lipinski definition) is 12. The highest BCUT2D eigenvalue weighted by molar-refractivity contribution is 7.90. The zero-order valence-corrected chi connectivity index (χ0v) is 39.2. The molecule has 3 aromatic carbocycles. The van der Waals surface area contributed by atoms with E-state index in [2.05, 4.69) is 60.4 Å². The number of carbonyl (C=O) groups is 1. The molecule has 1 aliphatic carbocycles. The number of piperazine rings is 1. The Morgan fingerprint density at radius 2 is 1.72 bits per heavy atom. The summed E-state index contributed by atoms with van der Waals surface area (Å²) in [7, 11) is -4.51. The Balaban J connectivity index is 0.970. The van der Waals surface area contributed by atoms with Crippen molar-refractivity contribution in [3.63, 3.8) is 0 Å². The van der Waals surface area contributed by atoms with Crippen LogP contribution in [0.25, 0.3) is 27.7 Å². The molecule has 0 radical (unpaired) electrons. The number of nitrogens with one attached hydrogen (secondary N) is 2. The summed E-state index contributed by atoms with van der Waals surface area (Å²) in [4.78, 5) is 32.7. The van der Waals surface area contributed by atoms with E-state index in [4.69, 9.17) is 25.8 Å². The number of aromatic nitrogens is 3. The molecule has 16 heteroatoms. The molecule has 1 amide bonds. The zero-order valence-electron chi connectivity index (χ0n) is 37.6. The summed E-state index contributed by atoms with van der Waals surface area (Å²) in [6, 6.07) is 27.9. The Morgan fingerprint density at radius 3 is 2.51 bits per heavy atom. The number of allylic oxidation sites excluding steroid dienone is 1. The van der Waals surface area contributed by atoms with Crippen LogP contribution < -0.4 is 19.1 Å². The summed E-state index contributed by atoms with van der Waals surface area (Å²) < 4.78 is 47.7. The van der Waals surface area contributed by atoms with Crippen LogP contribution in [0.15, 0.2) is 114 Å². The lowest BCUT2D eigenvalue weighted by molar-refractivity contribution is 0.0320. The molecule has 67 heavy (non-hydrogen) atoms. The SMILES string of the molecule is CC1(C)CCC(CN2CCN(c3ccc(C(=O)NS(=O)(=O)c4cnc(OCCN5CCOCC5)c(C#N)c4)c(-c4ccccc4Oc4cnc5[nH]ccc5c4)c3)CC2)=C(c2ccc(Cl)cc2)C1. The molecule has 0 saturated carbocycles. The molecule has 346 valence electrons. The van der Waals surface area contributed by atoms with E-state index in [0.29, 0.717) is 42.4 Å². The predicted octanol–water partition coefficient (Wildman–Crippen LogP) is 8.56. The number of pyridine rings is 2. The molecule has 0 spiro atoms. The Kier molecular flexibility index (Phi) is 13.6. The number of aromatic amines is 1. The van der Waals surface area contributed by atoms with Gasteiger partial charge in [0.1, 0.15) is 40.3 Å². The first-order chi connectivity index (χ1) is 32.4. The monoisotopic (exact) mass is 940 g/mol. The van der Waals surface area contributed by atoms with Gasteiger partial charge in [-0.3, -0.25) is 14.6 Å². The van der Waals surface area contributed by atoms with Crippen molar-refractivity contribution >= 4 is 49.8 Å². The number of benzene rings is 3. The van der Waals surface area contributed by atoms with Crippen molar-refractivity contribution in [3.05, 3.63) is 131 Å². The van der Waals surface area contributed by atoms with Crippen molar-refractivity contribution in [2.24, 2.45) is 5.41 Å². The topological polar surface area (TPSA) is 166 Å². The maximum absolute atomic E-state index is 14.3. The lowest BCUT2D eigenvalue weighted by Gasteiger charge is -2.39. The fourth-order valence-electron chi connectivity index (χ4n) is 9.04. The van der Waals surface area contributed by atoms with Gasteiger partial charge in [-0.05, 0) is 90.4 Å². The van der Waals surface area contributed by atoms with Gasteiger partial charge in [-0.2, -0.15) is 5.26 Å². The average molecular weight is 942 g/mol. The van der Waals surface area contributed by atoms with Crippen LogP contribution in [0.4, 0.5) is 5.69 Å². The van der Waals surface area contributed by atoms with Crippen molar-refractivity contribution in [1.29, 1.82) is 5.26 Å². The smallest absolute Gasteiger partial charge is 0.265 e. The molecule has 0 bridgehead atoms. The zero-order chi connectivity index (χ0) is 46.5. The number of amides is 1. The number of H-pyrrole nitrogens is 1. The van der Waals surface area contributed by atoms with E-state index in [9.17, 15) is 18.5 Å². The highest BCUT2D eigenvalue weighted by atomic mass is 35.5. The number of nitriles is 1. The number of anilines is 1. The summed E-state index contributed by atoms with van der Waals surface area (Å²) >= 11 is 6.28. The number of rotatable bonds is 14. The third kappa shape index (κ3) is 10.8. The van der Waals surface area contributed by atoms with Gasteiger partial charge >= 0.3 is 0 Å². The van der Waals surface area contributed by atoms with E-state index in [1.807, 2.05) is 60.7 Å². The van der Waals surface area contributed by atoms with Crippen LogP contribution in [-0.2, 0) is 14.8 Å². The molecule has 0 unspecified atom stereocenters. The fraction of sp³-hybridized carbons (Fsp3) is 0.333. The predicted molar refractivity (Wildman–Crippen MR) is 259 cm³/mol. The van der Waals surface area contributed by atoms with Crippen LogP contribution >= 0.6 is 11.6 Å². The molecule has 2 fully saturated rings. The molecule has 14 nitrogen and oxygen atoms in total. The second-order valence-corrected chi connectivity index (χ2v) is 20.1. The van der Waals surface area contributed by atoms with Crippen LogP contribution in [0, 0.1) is 16.7 Å². The Bertz CT molecular complexity index is 2950. The van der Waals surface area contributed by atoms with Gasteiger partial charge in [0, 0.05) is 91.3 Å². The van der Waals surface area contributed by atoms with E-state index < -0.39 is 15.9 Å². The average Bonchev–Trinajstić information content (AvgIpc) is 3.81. The van der Waals surface area contributed by atoms with E-state index in [1.165, 1.54) is 22.8 Å². The van der Waals surface area contributed by atoms with Gasteiger partial charge in [0.15, 0.2) is 0 Å². The van der Waals surface area contributed by atoms with Crippen LogP contribution in [-0.4, -0.2) is 111 Å². The normalized spacial score (nSPS) is 17.0. The fourth-order valence-corrected chi connectivity index (χ4v) is 10.1. The Morgan fingerprint density at radius 1 is 0.925 bits per heavy atom. The summed E-state index contributed by atoms with van der Waals surface area (Å²) in [5, 5.41) is 11.5. The van der Waals surface area contributed by atoms with Crippen molar-refractivity contribution in [1.82, 2.24) is 29.5 Å². The third-order valence-corrected chi connectivity index (χ3v) is 14.3. The van der Waals surface area contributed by atoms with E-state index in [-0.39, 0.29) is 33.9 Å². The number of halogens is 1. The quantitative estimate of drug-likeness (QED) is 0.107. The first kappa shape index (κ1) is 45.9. The number of ether oxygens (including phenoxy) is 3. The number of hydrogen-bond donors (Lipinski definition) is 2. The Labute approximate surface area is 396 Å². The molecular formula is C51H53ClN8O6S. The third-order valence-electron chi connectivity index (χ3n) is 12.8. The lowest BCUT2D eigenvalue weighted by atomic mass is 9.72. The molecule has 2 saturated heterocycles. The minimum atomic E-state index is -4.51. The standard InChI is InChI=1S/C51H53ClN8O6S/c1-51(2)15-13-37(46(30-51)35-7-9-39(52)10-8-35)34-59-17-19-60(20-18-59)40-11-12-44(45(29-40)43-5-3-4-6-47(43)66-41-27-36-14-16-54-48(36)55-32-41)49(61)57-67(62,63)42-28-38(31-53)50(56-33-42)65-26-23-58-21-24-64-25-22-58/h3-12,14,16,27-29,32-33H,13,15,17-26,30,34H2,1-2H3,(H,54,55)(H,57,61). The summed E-state index contributed by atoms with van der Waals surface area (Å²) in [6.45, 7) is 12.4. The van der Waals surface area contributed by atoms with Crippen LogP contribution in [0.5, 0.6) is 17.4 Å². The van der Waals surface area contributed by atoms with Crippen LogP contribution in [0.2, 0.25) is 5.02 Å². The second-order valence-electron chi connectivity index (χ2n) is 18.0. The highest BCUT2D eigenvalue weighted by Gasteiger charge is 2.30.